The molecule has 0 spiro atoms. The van der Waals surface area contributed by atoms with Crippen LogP contribution in [-0.4, -0.2) is 9.97 Å². The van der Waals surface area contributed by atoms with Gasteiger partial charge >= 0.3 is 0 Å². The molecule has 0 aliphatic rings. The van der Waals surface area contributed by atoms with E-state index in [2.05, 4.69) is 16.5 Å². The molecule has 0 amide bonds. The number of allylic oxidation sites excluding steroid dienone is 1. The fourth-order valence-electron chi connectivity index (χ4n) is 0.581. The van der Waals surface area contributed by atoms with Gasteiger partial charge in [-0.1, -0.05) is 6.08 Å². The van der Waals surface area contributed by atoms with Crippen LogP contribution in [0.4, 0.5) is 0 Å². The predicted octanol–water partition coefficient (Wildman–Crippen LogP) is 1.54. The van der Waals surface area contributed by atoms with E-state index in [0.717, 1.165) is 11.6 Å². The summed E-state index contributed by atoms with van der Waals surface area (Å²) >= 11 is 0. The zero-order valence-electron chi connectivity index (χ0n) is 5.39. The summed E-state index contributed by atoms with van der Waals surface area (Å²) in [6.07, 6.45) is 5.29. The minimum absolute atomic E-state index is 0.963. The van der Waals surface area contributed by atoms with Crippen molar-refractivity contribution in [3.8, 4) is 0 Å². The van der Waals surface area contributed by atoms with E-state index < -0.39 is 0 Å². The van der Waals surface area contributed by atoms with Crippen molar-refractivity contribution >= 4 is 0 Å². The molecule has 0 saturated carbocycles. The minimum Gasteiger partial charge on any atom is -0.351 e. The molecule has 2 nitrogen and oxygen atoms in total. The van der Waals surface area contributed by atoms with Crippen LogP contribution in [0.3, 0.4) is 0 Å². The Hall–Kier alpha value is -1.05. The third-order valence-electron chi connectivity index (χ3n) is 1.21. The monoisotopic (exact) mass is 121 g/mol. The molecular formula is C7H9N2. The van der Waals surface area contributed by atoms with Crippen molar-refractivity contribution in [3.63, 3.8) is 0 Å². The van der Waals surface area contributed by atoms with Crippen LogP contribution in [0.1, 0.15) is 12.6 Å². The lowest BCUT2D eigenvalue weighted by Crippen LogP contribution is -1.87. The summed E-state index contributed by atoms with van der Waals surface area (Å²) in [7, 11) is 0. The Kier molecular flexibility index (Phi) is 1.68. The third-order valence-corrected chi connectivity index (χ3v) is 1.21. The summed E-state index contributed by atoms with van der Waals surface area (Å²) in [5.74, 6) is 1.09. The Balaban J connectivity index is 2.76. The van der Waals surface area contributed by atoms with Crippen molar-refractivity contribution in [2.45, 2.75) is 6.92 Å². The van der Waals surface area contributed by atoms with Crippen molar-refractivity contribution < 1.29 is 0 Å². The first-order valence-electron chi connectivity index (χ1n) is 2.79. The quantitative estimate of drug-likeness (QED) is 0.631. The van der Waals surface area contributed by atoms with Crippen LogP contribution in [0.25, 0.3) is 0 Å². The SMILES string of the molecule is C=C[C](C)c1c[nH]cn1. The number of aromatic nitrogens is 2. The minimum atomic E-state index is 0.963. The largest absolute Gasteiger partial charge is 0.351 e. The predicted molar refractivity (Wildman–Crippen MR) is 36.8 cm³/mol. The molecule has 0 aromatic carbocycles. The molecule has 1 heterocycles. The van der Waals surface area contributed by atoms with Gasteiger partial charge in [-0.05, 0) is 6.92 Å². The molecule has 0 aliphatic heterocycles. The Morgan fingerprint density at radius 3 is 3.11 bits per heavy atom. The van der Waals surface area contributed by atoms with E-state index in [0.29, 0.717) is 0 Å². The first-order valence-corrected chi connectivity index (χ1v) is 2.79. The molecule has 1 aromatic heterocycles. The smallest absolute Gasteiger partial charge is 0.0923 e. The topological polar surface area (TPSA) is 28.7 Å². The normalized spacial score (nSPS) is 10.0. The highest BCUT2D eigenvalue weighted by molar-refractivity contribution is 5.25. The van der Waals surface area contributed by atoms with Crippen molar-refractivity contribution in [3.05, 3.63) is 36.8 Å². The van der Waals surface area contributed by atoms with Gasteiger partial charge in [-0.15, -0.1) is 6.58 Å². The van der Waals surface area contributed by atoms with Gasteiger partial charge in [0.2, 0.25) is 0 Å². The van der Waals surface area contributed by atoms with Crippen molar-refractivity contribution in [2.75, 3.05) is 0 Å². The molecule has 0 bridgehead atoms. The number of nitrogens with one attached hydrogen (secondary N) is 1. The maximum absolute atomic E-state index is 4.02. The van der Waals surface area contributed by atoms with Gasteiger partial charge in [-0.2, -0.15) is 0 Å². The Bertz CT molecular complexity index is 177. The zero-order chi connectivity index (χ0) is 6.69. The Morgan fingerprint density at radius 1 is 1.89 bits per heavy atom. The number of H-pyrrole nitrogens is 1. The number of hydrogen-bond donors (Lipinski definition) is 1. The van der Waals surface area contributed by atoms with Crippen LogP contribution in [0, 0.1) is 5.92 Å². The fraction of sp³-hybridized carbons (Fsp3) is 0.143. The lowest BCUT2D eigenvalue weighted by Gasteiger charge is -1.95. The highest BCUT2D eigenvalue weighted by Crippen LogP contribution is 2.08. The molecular weight excluding hydrogens is 112 g/mol. The van der Waals surface area contributed by atoms with Crippen LogP contribution < -0.4 is 0 Å². The van der Waals surface area contributed by atoms with Gasteiger partial charge in [0, 0.05) is 12.1 Å². The molecule has 2 heteroatoms. The van der Waals surface area contributed by atoms with E-state index in [4.69, 9.17) is 0 Å². The fourth-order valence-corrected chi connectivity index (χ4v) is 0.581. The van der Waals surface area contributed by atoms with Gasteiger partial charge < -0.3 is 4.98 Å². The van der Waals surface area contributed by atoms with Crippen molar-refractivity contribution in [1.29, 1.82) is 0 Å². The molecule has 0 fully saturated rings. The average molecular weight is 121 g/mol. The maximum Gasteiger partial charge on any atom is 0.0923 e. The number of rotatable bonds is 2. The van der Waals surface area contributed by atoms with E-state index in [1.165, 1.54) is 0 Å². The molecule has 0 aliphatic carbocycles. The van der Waals surface area contributed by atoms with Crippen LogP contribution >= 0.6 is 0 Å². The summed E-state index contributed by atoms with van der Waals surface area (Å²) in [4.78, 5) is 6.89. The summed E-state index contributed by atoms with van der Waals surface area (Å²) in [6.45, 7) is 5.60. The molecule has 1 rings (SSSR count). The van der Waals surface area contributed by atoms with Crippen LogP contribution in [0.5, 0.6) is 0 Å². The van der Waals surface area contributed by atoms with E-state index in [1.54, 1.807) is 12.4 Å². The Morgan fingerprint density at radius 2 is 2.67 bits per heavy atom. The van der Waals surface area contributed by atoms with E-state index in [1.807, 2.05) is 13.1 Å². The van der Waals surface area contributed by atoms with E-state index >= 15 is 0 Å². The summed E-state index contributed by atoms with van der Waals surface area (Å²) < 4.78 is 0. The third kappa shape index (κ3) is 1.19. The van der Waals surface area contributed by atoms with E-state index in [-0.39, 0.29) is 0 Å². The molecule has 1 radical (unpaired) electrons. The van der Waals surface area contributed by atoms with Crippen molar-refractivity contribution in [2.24, 2.45) is 0 Å². The molecule has 1 aromatic rings. The molecule has 0 atom stereocenters. The first-order chi connectivity index (χ1) is 4.34. The summed E-state index contributed by atoms with van der Waals surface area (Å²) in [5.41, 5.74) is 0.963. The lowest BCUT2D eigenvalue weighted by molar-refractivity contribution is 1.16. The number of aromatic amines is 1. The molecule has 0 saturated heterocycles. The Labute approximate surface area is 54.6 Å². The lowest BCUT2D eigenvalue weighted by atomic mass is 10.1. The second kappa shape index (κ2) is 2.49. The van der Waals surface area contributed by atoms with Crippen LogP contribution in [0.2, 0.25) is 0 Å². The van der Waals surface area contributed by atoms with Gasteiger partial charge in [0.15, 0.2) is 0 Å². The van der Waals surface area contributed by atoms with Crippen LogP contribution in [-0.2, 0) is 0 Å². The van der Waals surface area contributed by atoms with Gasteiger partial charge in [0.05, 0.1) is 12.0 Å². The highest BCUT2D eigenvalue weighted by atomic mass is 14.9. The number of hydrogen-bond acceptors (Lipinski definition) is 1. The molecule has 47 valence electrons. The standard InChI is InChI=1S/C7H9N2/c1-3-6(2)7-4-8-5-9-7/h3-5H,1H2,2H3,(H,8,9). The highest BCUT2D eigenvalue weighted by Gasteiger charge is 2.00. The van der Waals surface area contributed by atoms with Gasteiger partial charge in [0.1, 0.15) is 0 Å². The second-order valence-corrected chi connectivity index (χ2v) is 1.84. The van der Waals surface area contributed by atoms with Gasteiger partial charge in [-0.3, -0.25) is 0 Å². The number of imidazole rings is 1. The first kappa shape index (κ1) is 6.08. The van der Waals surface area contributed by atoms with Gasteiger partial charge in [-0.25, -0.2) is 4.98 Å². The second-order valence-electron chi connectivity index (χ2n) is 1.84. The number of nitrogens with zero attached hydrogens (tertiary/aromatic N) is 1. The van der Waals surface area contributed by atoms with E-state index in [9.17, 15) is 0 Å². The molecule has 0 unspecified atom stereocenters. The molecule has 9 heavy (non-hydrogen) atoms. The average Bonchev–Trinajstić information content (AvgIpc) is 2.37. The molecule has 1 N–H and O–H groups in total. The summed E-state index contributed by atoms with van der Waals surface area (Å²) in [6, 6.07) is 0. The van der Waals surface area contributed by atoms with Gasteiger partial charge in [0.25, 0.3) is 0 Å². The summed E-state index contributed by atoms with van der Waals surface area (Å²) in [5, 5.41) is 0. The van der Waals surface area contributed by atoms with Crippen molar-refractivity contribution in [1.82, 2.24) is 9.97 Å². The maximum atomic E-state index is 4.02. The van der Waals surface area contributed by atoms with Crippen LogP contribution in [0.15, 0.2) is 25.2 Å². The zero-order valence-corrected chi connectivity index (χ0v) is 5.39.